The predicted octanol–water partition coefficient (Wildman–Crippen LogP) is 3.68. The molecule has 2 aromatic carbocycles. The molecule has 0 spiro atoms. The summed E-state index contributed by atoms with van der Waals surface area (Å²) in [4.78, 5) is 5.28. The van der Waals surface area contributed by atoms with Gasteiger partial charge in [0.05, 0.1) is 12.6 Å². The molecule has 1 aliphatic heterocycles. The summed E-state index contributed by atoms with van der Waals surface area (Å²) < 4.78 is 1.98. The molecular formula is C25H32N6. The Bertz CT molecular complexity index is 953. The highest BCUT2D eigenvalue weighted by Crippen LogP contribution is 2.31. The Morgan fingerprint density at radius 2 is 1.61 bits per heavy atom. The molecule has 0 amide bonds. The number of hydrogen-bond acceptors (Lipinski definition) is 5. The van der Waals surface area contributed by atoms with Crippen LogP contribution < -0.4 is 0 Å². The van der Waals surface area contributed by atoms with Gasteiger partial charge in [-0.3, -0.25) is 9.80 Å². The van der Waals surface area contributed by atoms with Crippen LogP contribution in [-0.4, -0.2) is 62.2 Å². The van der Waals surface area contributed by atoms with Crippen LogP contribution in [0.1, 0.15) is 54.2 Å². The molecule has 1 saturated carbocycles. The first kappa shape index (κ1) is 20.3. The van der Waals surface area contributed by atoms with E-state index >= 15 is 0 Å². The standard InChI is InChI=1S/C25H32N6/c1-20-11-13-22(14-12-20)24(30-17-15-29(16-18-30)23-9-5-6-10-23)25-26-27-28-31(25)19-21-7-3-2-4-8-21/h2-4,7-8,11-14,23-24H,5-6,9-10,15-19H2,1H3/t24-/m1/s1. The molecule has 5 rings (SSSR count). The van der Waals surface area contributed by atoms with Crippen molar-refractivity contribution in [3.8, 4) is 0 Å². The maximum atomic E-state index is 4.53. The van der Waals surface area contributed by atoms with E-state index in [1.807, 2.05) is 10.7 Å². The molecule has 1 aromatic heterocycles. The van der Waals surface area contributed by atoms with Gasteiger partial charge >= 0.3 is 0 Å². The van der Waals surface area contributed by atoms with Gasteiger partial charge in [0.1, 0.15) is 0 Å². The van der Waals surface area contributed by atoms with Crippen molar-refractivity contribution in [3.63, 3.8) is 0 Å². The number of piperazine rings is 1. The Balaban J connectivity index is 1.41. The summed E-state index contributed by atoms with van der Waals surface area (Å²) in [6.07, 6.45) is 5.53. The second-order valence-corrected chi connectivity index (χ2v) is 9.00. The molecule has 6 heteroatoms. The minimum atomic E-state index is 0.0741. The topological polar surface area (TPSA) is 50.1 Å². The number of hydrogen-bond donors (Lipinski definition) is 0. The highest BCUT2D eigenvalue weighted by Gasteiger charge is 2.33. The van der Waals surface area contributed by atoms with Crippen molar-refractivity contribution in [1.29, 1.82) is 0 Å². The molecule has 0 radical (unpaired) electrons. The van der Waals surface area contributed by atoms with E-state index in [4.69, 9.17) is 0 Å². The van der Waals surface area contributed by atoms with E-state index in [1.165, 1.54) is 42.4 Å². The largest absolute Gasteiger partial charge is 0.298 e. The summed E-state index contributed by atoms with van der Waals surface area (Å²) in [5.74, 6) is 0.932. The fourth-order valence-electron chi connectivity index (χ4n) is 5.18. The van der Waals surface area contributed by atoms with Gasteiger partial charge in [-0.25, -0.2) is 4.68 Å². The molecule has 2 fully saturated rings. The Morgan fingerprint density at radius 1 is 0.903 bits per heavy atom. The van der Waals surface area contributed by atoms with Gasteiger partial charge in [0.25, 0.3) is 0 Å². The van der Waals surface area contributed by atoms with Gasteiger partial charge in [-0.15, -0.1) is 5.10 Å². The average Bonchev–Trinajstić information content (AvgIpc) is 3.50. The van der Waals surface area contributed by atoms with Crippen LogP contribution in [0.15, 0.2) is 54.6 Å². The van der Waals surface area contributed by atoms with Gasteiger partial charge in [0.2, 0.25) is 0 Å². The number of tetrazole rings is 1. The van der Waals surface area contributed by atoms with Crippen LogP contribution in [0.4, 0.5) is 0 Å². The smallest absolute Gasteiger partial charge is 0.173 e. The molecule has 2 aliphatic rings. The second-order valence-electron chi connectivity index (χ2n) is 9.00. The highest BCUT2D eigenvalue weighted by atomic mass is 15.6. The average molecular weight is 417 g/mol. The lowest BCUT2D eigenvalue weighted by molar-refractivity contribution is 0.0771. The predicted molar refractivity (Wildman–Crippen MR) is 122 cm³/mol. The van der Waals surface area contributed by atoms with Crippen LogP contribution in [0.25, 0.3) is 0 Å². The first-order valence-electron chi connectivity index (χ1n) is 11.6. The zero-order valence-corrected chi connectivity index (χ0v) is 18.4. The van der Waals surface area contributed by atoms with Gasteiger partial charge < -0.3 is 0 Å². The Labute approximate surface area is 184 Å². The minimum Gasteiger partial charge on any atom is -0.298 e. The van der Waals surface area contributed by atoms with E-state index in [0.29, 0.717) is 6.54 Å². The van der Waals surface area contributed by atoms with E-state index in [0.717, 1.165) is 38.0 Å². The Kier molecular flexibility index (Phi) is 6.09. The molecule has 0 bridgehead atoms. The summed E-state index contributed by atoms with van der Waals surface area (Å²) in [6, 6.07) is 20.2. The minimum absolute atomic E-state index is 0.0741. The van der Waals surface area contributed by atoms with Gasteiger partial charge in [-0.2, -0.15) is 0 Å². The molecule has 0 unspecified atom stereocenters. The van der Waals surface area contributed by atoms with E-state index < -0.39 is 0 Å². The van der Waals surface area contributed by atoms with Crippen LogP contribution in [0.2, 0.25) is 0 Å². The van der Waals surface area contributed by atoms with Crippen LogP contribution >= 0.6 is 0 Å². The molecule has 2 heterocycles. The lowest BCUT2D eigenvalue weighted by atomic mass is 10.0. The lowest BCUT2D eigenvalue weighted by Gasteiger charge is -2.41. The Morgan fingerprint density at radius 3 is 2.32 bits per heavy atom. The van der Waals surface area contributed by atoms with E-state index in [9.17, 15) is 0 Å². The third-order valence-electron chi connectivity index (χ3n) is 6.93. The molecule has 1 aliphatic carbocycles. The number of aromatic nitrogens is 4. The molecule has 31 heavy (non-hydrogen) atoms. The van der Waals surface area contributed by atoms with E-state index in [1.54, 1.807) is 0 Å². The summed E-state index contributed by atoms with van der Waals surface area (Å²) in [5.41, 5.74) is 3.76. The molecular weight excluding hydrogens is 384 g/mol. The summed E-state index contributed by atoms with van der Waals surface area (Å²) in [7, 11) is 0. The molecule has 6 nitrogen and oxygen atoms in total. The first-order chi connectivity index (χ1) is 15.3. The van der Waals surface area contributed by atoms with Gasteiger partial charge in [-0.05, 0) is 41.3 Å². The SMILES string of the molecule is Cc1ccc([C@H](c2nnnn2Cc2ccccc2)N2CCN(C3CCCC3)CC2)cc1. The van der Waals surface area contributed by atoms with Gasteiger partial charge in [0.15, 0.2) is 5.82 Å². The number of rotatable bonds is 6. The molecule has 1 atom stereocenters. The molecule has 3 aromatic rings. The third kappa shape index (κ3) is 4.55. The number of benzene rings is 2. The summed E-state index contributed by atoms with van der Waals surface area (Å²) >= 11 is 0. The van der Waals surface area contributed by atoms with Crippen molar-refractivity contribution in [2.24, 2.45) is 0 Å². The van der Waals surface area contributed by atoms with Crippen molar-refractivity contribution in [2.45, 2.75) is 51.2 Å². The number of nitrogens with zero attached hydrogens (tertiary/aromatic N) is 6. The zero-order chi connectivity index (χ0) is 21.0. The fraction of sp³-hybridized carbons (Fsp3) is 0.480. The maximum Gasteiger partial charge on any atom is 0.173 e. The van der Waals surface area contributed by atoms with Crippen molar-refractivity contribution in [2.75, 3.05) is 26.2 Å². The van der Waals surface area contributed by atoms with Gasteiger partial charge in [0, 0.05) is 32.2 Å². The van der Waals surface area contributed by atoms with Crippen molar-refractivity contribution in [3.05, 3.63) is 77.1 Å². The van der Waals surface area contributed by atoms with Gasteiger partial charge in [-0.1, -0.05) is 73.0 Å². The monoisotopic (exact) mass is 416 g/mol. The van der Waals surface area contributed by atoms with E-state index in [-0.39, 0.29) is 6.04 Å². The molecule has 0 N–H and O–H groups in total. The summed E-state index contributed by atoms with van der Waals surface area (Å²) in [6.45, 7) is 7.19. The quantitative estimate of drug-likeness (QED) is 0.614. The normalized spacial score (nSPS) is 19.6. The van der Waals surface area contributed by atoms with Crippen molar-refractivity contribution < 1.29 is 0 Å². The third-order valence-corrected chi connectivity index (χ3v) is 6.93. The Hall–Kier alpha value is -2.57. The van der Waals surface area contributed by atoms with E-state index in [2.05, 4.69) is 80.8 Å². The second kappa shape index (κ2) is 9.28. The zero-order valence-electron chi connectivity index (χ0n) is 18.4. The van der Waals surface area contributed by atoms with Crippen molar-refractivity contribution in [1.82, 2.24) is 30.0 Å². The van der Waals surface area contributed by atoms with Crippen molar-refractivity contribution >= 4 is 0 Å². The van der Waals surface area contributed by atoms with Crippen LogP contribution in [0.3, 0.4) is 0 Å². The van der Waals surface area contributed by atoms with Crippen LogP contribution in [0.5, 0.6) is 0 Å². The summed E-state index contributed by atoms with van der Waals surface area (Å²) in [5, 5.41) is 13.0. The lowest BCUT2D eigenvalue weighted by Crippen LogP contribution is -2.51. The number of aryl methyl sites for hydroxylation is 1. The van der Waals surface area contributed by atoms with Crippen LogP contribution in [-0.2, 0) is 6.54 Å². The first-order valence-corrected chi connectivity index (χ1v) is 11.6. The molecule has 1 saturated heterocycles. The van der Waals surface area contributed by atoms with Crippen LogP contribution in [0, 0.1) is 6.92 Å². The highest BCUT2D eigenvalue weighted by molar-refractivity contribution is 5.29. The maximum absolute atomic E-state index is 4.53. The molecule has 162 valence electrons. The fourth-order valence-corrected chi connectivity index (χ4v) is 5.18.